The number of rotatable bonds is 4. The normalized spacial score (nSPS) is 18.6. The highest BCUT2D eigenvalue weighted by atomic mass is 16.5. The molecule has 1 unspecified atom stereocenters. The molecule has 1 atom stereocenters. The second kappa shape index (κ2) is 6.75. The first kappa shape index (κ1) is 14.9. The van der Waals surface area contributed by atoms with Crippen LogP contribution in [-0.2, 0) is 11.3 Å². The van der Waals surface area contributed by atoms with E-state index in [-0.39, 0.29) is 11.8 Å². The Morgan fingerprint density at radius 1 is 1.40 bits per heavy atom. The minimum atomic E-state index is 0.0984. The topological polar surface area (TPSA) is 50.4 Å². The number of carbonyl (C=O) groups is 1. The highest BCUT2D eigenvalue weighted by Gasteiger charge is 2.20. The van der Waals surface area contributed by atoms with Gasteiger partial charge in [-0.1, -0.05) is 6.07 Å². The van der Waals surface area contributed by atoms with Crippen LogP contribution >= 0.6 is 0 Å². The van der Waals surface area contributed by atoms with E-state index in [4.69, 9.17) is 4.74 Å². The van der Waals surface area contributed by atoms with Crippen molar-refractivity contribution in [1.29, 1.82) is 0 Å². The van der Waals surface area contributed by atoms with Gasteiger partial charge in [-0.05, 0) is 50.4 Å². The van der Waals surface area contributed by atoms with Crippen molar-refractivity contribution in [3.63, 3.8) is 0 Å². The highest BCUT2D eigenvalue weighted by Crippen LogP contribution is 2.23. The van der Waals surface area contributed by atoms with Crippen molar-refractivity contribution in [3.8, 4) is 5.75 Å². The van der Waals surface area contributed by atoms with Gasteiger partial charge in [0.05, 0.1) is 13.0 Å². The van der Waals surface area contributed by atoms with Gasteiger partial charge in [0, 0.05) is 18.7 Å². The van der Waals surface area contributed by atoms with Crippen LogP contribution in [0.25, 0.3) is 0 Å². The minimum absolute atomic E-state index is 0.0984. The van der Waals surface area contributed by atoms with E-state index < -0.39 is 0 Å². The summed E-state index contributed by atoms with van der Waals surface area (Å²) in [5, 5.41) is 6.30. The van der Waals surface area contributed by atoms with Gasteiger partial charge in [-0.15, -0.1) is 0 Å². The molecular formula is C16H24N2O2. The number of hydrogen-bond acceptors (Lipinski definition) is 3. The Hall–Kier alpha value is -1.55. The summed E-state index contributed by atoms with van der Waals surface area (Å²) in [6, 6.07) is 4.12. The van der Waals surface area contributed by atoms with E-state index in [2.05, 4.69) is 30.5 Å². The fraction of sp³-hybridized carbons (Fsp3) is 0.562. The van der Waals surface area contributed by atoms with Gasteiger partial charge in [-0.3, -0.25) is 4.79 Å². The smallest absolute Gasteiger partial charge is 0.224 e. The average Bonchev–Trinajstić information content (AvgIpc) is 2.48. The molecule has 1 fully saturated rings. The molecule has 0 spiro atoms. The monoisotopic (exact) mass is 276 g/mol. The number of hydrogen-bond donors (Lipinski definition) is 2. The van der Waals surface area contributed by atoms with Crippen LogP contribution in [-0.4, -0.2) is 26.1 Å². The third kappa shape index (κ3) is 3.51. The number of ether oxygens (including phenoxy) is 1. The summed E-state index contributed by atoms with van der Waals surface area (Å²) in [6.07, 6.45) is 2.05. The molecule has 110 valence electrons. The van der Waals surface area contributed by atoms with Gasteiger partial charge < -0.3 is 15.4 Å². The van der Waals surface area contributed by atoms with Crippen LogP contribution in [0.15, 0.2) is 12.1 Å². The first-order valence-corrected chi connectivity index (χ1v) is 7.24. The van der Waals surface area contributed by atoms with Gasteiger partial charge in [-0.25, -0.2) is 0 Å². The van der Waals surface area contributed by atoms with Crippen molar-refractivity contribution in [2.75, 3.05) is 20.2 Å². The number of amides is 1. The van der Waals surface area contributed by atoms with E-state index in [9.17, 15) is 4.79 Å². The van der Waals surface area contributed by atoms with Crippen molar-refractivity contribution in [3.05, 3.63) is 28.8 Å². The lowest BCUT2D eigenvalue weighted by atomic mass is 9.98. The van der Waals surface area contributed by atoms with Crippen molar-refractivity contribution in [2.24, 2.45) is 5.92 Å². The fourth-order valence-electron chi connectivity index (χ4n) is 2.58. The SMILES string of the molecule is COc1cc(C)c(C)cc1CNC(=O)C1CCCNC1. The summed E-state index contributed by atoms with van der Waals surface area (Å²) >= 11 is 0. The number of piperidine rings is 1. The Balaban J connectivity index is 1.99. The number of nitrogens with one attached hydrogen (secondary N) is 2. The largest absolute Gasteiger partial charge is 0.496 e. The lowest BCUT2D eigenvalue weighted by Crippen LogP contribution is -2.40. The zero-order chi connectivity index (χ0) is 14.5. The number of methoxy groups -OCH3 is 1. The molecule has 1 amide bonds. The third-order valence-electron chi connectivity index (χ3n) is 4.02. The molecule has 1 aliphatic rings. The molecular weight excluding hydrogens is 252 g/mol. The number of aryl methyl sites for hydroxylation is 2. The van der Waals surface area contributed by atoms with Crippen LogP contribution in [0.3, 0.4) is 0 Å². The van der Waals surface area contributed by atoms with Crippen molar-refractivity contribution in [2.45, 2.75) is 33.2 Å². The zero-order valence-corrected chi connectivity index (χ0v) is 12.6. The molecule has 1 saturated heterocycles. The first-order valence-electron chi connectivity index (χ1n) is 7.24. The van der Waals surface area contributed by atoms with Gasteiger partial charge in [0.2, 0.25) is 5.91 Å². The van der Waals surface area contributed by atoms with Crippen LogP contribution in [0.1, 0.15) is 29.5 Å². The molecule has 2 N–H and O–H groups in total. The maximum atomic E-state index is 12.1. The van der Waals surface area contributed by atoms with Gasteiger partial charge in [0.25, 0.3) is 0 Å². The molecule has 0 aliphatic carbocycles. The van der Waals surface area contributed by atoms with Crippen LogP contribution in [0.2, 0.25) is 0 Å². The average molecular weight is 276 g/mol. The lowest BCUT2D eigenvalue weighted by molar-refractivity contribution is -0.125. The van der Waals surface area contributed by atoms with Gasteiger partial charge in [0.1, 0.15) is 5.75 Å². The second-order valence-electron chi connectivity index (χ2n) is 5.51. The summed E-state index contributed by atoms with van der Waals surface area (Å²) in [5.41, 5.74) is 3.45. The summed E-state index contributed by atoms with van der Waals surface area (Å²) < 4.78 is 5.40. The predicted octanol–water partition coefficient (Wildman–Crippen LogP) is 1.93. The van der Waals surface area contributed by atoms with E-state index >= 15 is 0 Å². The molecule has 0 radical (unpaired) electrons. The van der Waals surface area contributed by atoms with Crippen molar-refractivity contribution < 1.29 is 9.53 Å². The second-order valence-corrected chi connectivity index (χ2v) is 5.51. The quantitative estimate of drug-likeness (QED) is 0.883. The maximum absolute atomic E-state index is 12.1. The molecule has 1 aromatic carbocycles. The molecule has 0 bridgehead atoms. The molecule has 4 nitrogen and oxygen atoms in total. The van der Waals surface area contributed by atoms with Gasteiger partial charge >= 0.3 is 0 Å². The molecule has 0 saturated carbocycles. The van der Waals surface area contributed by atoms with Gasteiger partial charge in [-0.2, -0.15) is 0 Å². The fourth-order valence-corrected chi connectivity index (χ4v) is 2.58. The summed E-state index contributed by atoms with van der Waals surface area (Å²) in [5.74, 6) is 1.08. The molecule has 20 heavy (non-hydrogen) atoms. The zero-order valence-electron chi connectivity index (χ0n) is 12.6. The molecule has 1 aliphatic heterocycles. The third-order valence-corrected chi connectivity index (χ3v) is 4.02. The predicted molar refractivity (Wildman–Crippen MR) is 79.9 cm³/mol. The van der Waals surface area contributed by atoms with Crippen LogP contribution in [0.5, 0.6) is 5.75 Å². The Labute approximate surface area is 120 Å². The summed E-state index contributed by atoms with van der Waals surface area (Å²) in [7, 11) is 1.67. The molecule has 1 aromatic rings. The van der Waals surface area contributed by atoms with Crippen molar-refractivity contribution in [1.82, 2.24) is 10.6 Å². The first-order chi connectivity index (χ1) is 9.61. The molecule has 0 aromatic heterocycles. The Morgan fingerprint density at radius 2 is 2.15 bits per heavy atom. The van der Waals surface area contributed by atoms with Crippen molar-refractivity contribution >= 4 is 5.91 Å². The van der Waals surface area contributed by atoms with Gasteiger partial charge in [0.15, 0.2) is 0 Å². The Morgan fingerprint density at radius 3 is 2.80 bits per heavy atom. The van der Waals surface area contributed by atoms with Crippen LogP contribution in [0, 0.1) is 19.8 Å². The minimum Gasteiger partial charge on any atom is -0.496 e. The summed E-state index contributed by atoms with van der Waals surface area (Å²) in [4.78, 5) is 12.1. The van der Waals surface area contributed by atoms with Crippen LogP contribution in [0.4, 0.5) is 0 Å². The van der Waals surface area contributed by atoms with E-state index in [1.54, 1.807) is 7.11 Å². The Bertz CT molecular complexity index is 480. The number of carbonyl (C=O) groups excluding carboxylic acids is 1. The standard InChI is InChI=1S/C16H24N2O2/c1-11-7-14(15(20-3)8-12(11)2)10-18-16(19)13-5-4-6-17-9-13/h7-8,13,17H,4-6,9-10H2,1-3H3,(H,18,19). The number of benzene rings is 1. The Kier molecular flexibility index (Phi) is 5.01. The van der Waals surface area contributed by atoms with E-state index in [1.807, 2.05) is 6.07 Å². The van der Waals surface area contributed by atoms with E-state index in [1.165, 1.54) is 11.1 Å². The molecule has 1 heterocycles. The summed E-state index contributed by atoms with van der Waals surface area (Å²) in [6.45, 7) is 6.48. The lowest BCUT2D eigenvalue weighted by Gasteiger charge is -2.22. The molecule has 2 rings (SSSR count). The molecule has 4 heteroatoms. The highest BCUT2D eigenvalue weighted by molar-refractivity contribution is 5.79. The maximum Gasteiger partial charge on any atom is 0.224 e. The van der Waals surface area contributed by atoms with E-state index in [0.29, 0.717) is 6.54 Å². The van der Waals surface area contributed by atoms with E-state index in [0.717, 1.165) is 37.2 Å². The van der Waals surface area contributed by atoms with Crippen LogP contribution < -0.4 is 15.4 Å².